The number of rotatable bonds is 6. The van der Waals surface area contributed by atoms with Gasteiger partial charge in [-0.2, -0.15) is 13.2 Å². The van der Waals surface area contributed by atoms with Crippen LogP contribution in [0.4, 0.5) is 18.9 Å². The van der Waals surface area contributed by atoms with Crippen molar-refractivity contribution in [3.63, 3.8) is 0 Å². The van der Waals surface area contributed by atoms with Crippen molar-refractivity contribution in [3.8, 4) is 17.0 Å². The van der Waals surface area contributed by atoms with E-state index in [0.717, 1.165) is 23.4 Å². The molecule has 4 rings (SSSR count). The van der Waals surface area contributed by atoms with Crippen LogP contribution in [-0.2, 0) is 16.2 Å². The third kappa shape index (κ3) is 6.17. The van der Waals surface area contributed by atoms with E-state index in [1.165, 1.54) is 6.07 Å². The Hall–Kier alpha value is -3.11. The largest absolute Gasteiger partial charge is 0.472 e. The molecule has 0 bridgehead atoms. The van der Waals surface area contributed by atoms with Crippen molar-refractivity contribution in [1.82, 2.24) is 9.71 Å². The summed E-state index contributed by atoms with van der Waals surface area (Å²) in [5.41, 5.74) is 0.686. The number of ether oxygens (including phenoxy) is 1. The number of aromatic nitrogens is 1. The Kier molecular flexibility index (Phi) is 7.03. The molecule has 1 aromatic heterocycles. The minimum Gasteiger partial charge on any atom is -0.472 e. The number of halogens is 3. The SMILES string of the molecule is CC(C)(C)NS(=O)(=O)c1cc(-c2ccccc2)ccc1N1CCC(Oc2ccc(C(F)(F)F)cn2)C1. The first-order chi connectivity index (χ1) is 16.8. The summed E-state index contributed by atoms with van der Waals surface area (Å²) in [6, 6.07) is 17.0. The Bertz CT molecular complexity index is 1310. The van der Waals surface area contributed by atoms with Crippen molar-refractivity contribution >= 4 is 15.7 Å². The standard InChI is InChI=1S/C26H28F3N3O3S/c1-25(2,3)31-36(33,34)23-15-19(18-7-5-4-6-8-18)9-11-22(23)32-14-13-21(17-32)35-24-12-10-20(16-30-24)26(27,28)29/h4-12,15-16,21,31H,13-14,17H2,1-3H3. The summed E-state index contributed by atoms with van der Waals surface area (Å²) in [7, 11) is -3.86. The second-order valence-electron chi connectivity index (χ2n) is 9.76. The van der Waals surface area contributed by atoms with E-state index in [9.17, 15) is 21.6 Å². The van der Waals surface area contributed by atoms with E-state index in [2.05, 4.69) is 9.71 Å². The summed E-state index contributed by atoms with van der Waals surface area (Å²) in [5, 5.41) is 0. The summed E-state index contributed by atoms with van der Waals surface area (Å²) in [4.78, 5) is 5.86. The topological polar surface area (TPSA) is 71.5 Å². The van der Waals surface area contributed by atoms with Gasteiger partial charge in [-0.05, 0) is 50.1 Å². The van der Waals surface area contributed by atoms with E-state index in [1.54, 1.807) is 32.9 Å². The average molecular weight is 520 g/mol. The molecule has 1 N–H and O–H groups in total. The van der Waals surface area contributed by atoms with Crippen molar-refractivity contribution in [3.05, 3.63) is 72.4 Å². The second-order valence-corrected chi connectivity index (χ2v) is 11.4. The Balaban J connectivity index is 1.60. The summed E-state index contributed by atoms with van der Waals surface area (Å²) in [5.74, 6) is 0.0940. The third-order valence-electron chi connectivity index (χ3n) is 5.63. The van der Waals surface area contributed by atoms with Crippen molar-refractivity contribution in [2.24, 2.45) is 0 Å². The zero-order chi connectivity index (χ0) is 26.1. The van der Waals surface area contributed by atoms with Gasteiger partial charge in [-0.25, -0.2) is 18.1 Å². The van der Waals surface area contributed by atoms with Crippen molar-refractivity contribution < 1.29 is 26.3 Å². The van der Waals surface area contributed by atoms with Crippen molar-refractivity contribution in [2.45, 2.75) is 49.9 Å². The zero-order valence-corrected chi connectivity index (χ0v) is 21.0. The average Bonchev–Trinajstić information content (AvgIpc) is 3.26. The lowest BCUT2D eigenvalue weighted by atomic mass is 10.1. The number of hydrogen-bond acceptors (Lipinski definition) is 5. The molecule has 1 atom stereocenters. The highest BCUT2D eigenvalue weighted by atomic mass is 32.2. The number of pyridine rings is 1. The Morgan fingerprint density at radius 1 is 1.00 bits per heavy atom. The summed E-state index contributed by atoms with van der Waals surface area (Å²) < 4.78 is 73.8. The van der Waals surface area contributed by atoms with E-state index in [-0.39, 0.29) is 16.9 Å². The van der Waals surface area contributed by atoms with Gasteiger partial charge < -0.3 is 9.64 Å². The fraction of sp³-hybridized carbons (Fsp3) is 0.346. The fourth-order valence-corrected chi connectivity index (χ4v) is 5.76. The van der Waals surface area contributed by atoms with E-state index in [1.807, 2.05) is 41.3 Å². The van der Waals surface area contributed by atoms with Crippen LogP contribution in [0, 0.1) is 0 Å². The number of hydrogen-bond donors (Lipinski definition) is 1. The molecule has 0 amide bonds. The molecule has 1 aliphatic heterocycles. The van der Waals surface area contributed by atoms with Crippen molar-refractivity contribution in [1.29, 1.82) is 0 Å². The number of anilines is 1. The monoisotopic (exact) mass is 519 g/mol. The van der Waals surface area contributed by atoms with Gasteiger partial charge in [0.2, 0.25) is 15.9 Å². The maximum atomic E-state index is 13.4. The van der Waals surface area contributed by atoms with Gasteiger partial charge in [0.05, 0.1) is 17.8 Å². The van der Waals surface area contributed by atoms with Gasteiger partial charge in [0, 0.05) is 30.8 Å². The molecule has 0 aliphatic carbocycles. The van der Waals surface area contributed by atoms with Gasteiger partial charge >= 0.3 is 6.18 Å². The quantitative estimate of drug-likeness (QED) is 0.466. The highest BCUT2D eigenvalue weighted by Crippen LogP contribution is 2.34. The number of alkyl halides is 3. The van der Waals surface area contributed by atoms with Crippen LogP contribution in [0.3, 0.4) is 0 Å². The molecule has 0 saturated carbocycles. The van der Waals surface area contributed by atoms with Gasteiger partial charge in [0.25, 0.3) is 0 Å². The van der Waals surface area contributed by atoms with Gasteiger partial charge in [-0.15, -0.1) is 0 Å². The molecule has 10 heteroatoms. The fourth-order valence-electron chi connectivity index (χ4n) is 4.09. The predicted molar refractivity (Wildman–Crippen MR) is 132 cm³/mol. The van der Waals surface area contributed by atoms with Gasteiger partial charge in [-0.3, -0.25) is 0 Å². The minimum absolute atomic E-state index is 0.0940. The van der Waals surface area contributed by atoms with E-state index in [4.69, 9.17) is 4.74 Å². The van der Waals surface area contributed by atoms with Gasteiger partial charge in [0.15, 0.2) is 0 Å². The molecule has 2 heterocycles. The van der Waals surface area contributed by atoms with Crippen LogP contribution < -0.4 is 14.4 Å². The molecule has 1 fully saturated rings. The van der Waals surface area contributed by atoms with Crippen LogP contribution in [0.25, 0.3) is 11.1 Å². The molecule has 192 valence electrons. The lowest BCUT2D eigenvalue weighted by Gasteiger charge is -2.26. The summed E-state index contributed by atoms with van der Waals surface area (Å²) in [6.07, 6.45) is -3.51. The lowest BCUT2D eigenvalue weighted by molar-refractivity contribution is -0.137. The van der Waals surface area contributed by atoms with E-state index in [0.29, 0.717) is 25.2 Å². The zero-order valence-electron chi connectivity index (χ0n) is 20.2. The minimum atomic E-state index is -4.47. The third-order valence-corrected chi connectivity index (χ3v) is 7.42. The van der Waals surface area contributed by atoms with E-state index < -0.39 is 27.3 Å². The second kappa shape index (κ2) is 9.74. The Morgan fingerprint density at radius 3 is 2.33 bits per heavy atom. The van der Waals surface area contributed by atoms with Crippen LogP contribution in [0.2, 0.25) is 0 Å². The molecule has 1 unspecified atom stereocenters. The highest BCUT2D eigenvalue weighted by Gasteiger charge is 2.33. The summed E-state index contributed by atoms with van der Waals surface area (Å²) >= 11 is 0. The number of sulfonamides is 1. The van der Waals surface area contributed by atoms with Gasteiger partial charge in [0.1, 0.15) is 11.0 Å². The molecule has 0 spiro atoms. The summed E-state index contributed by atoms with van der Waals surface area (Å²) in [6.45, 7) is 6.23. The molecular weight excluding hydrogens is 491 g/mol. The Morgan fingerprint density at radius 2 is 1.72 bits per heavy atom. The normalized spacial score (nSPS) is 16.8. The van der Waals surface area contributed by atoms with Crippen LogP contribution in [0.1, 0.15) is 32.8 Å². The molecule has 3 aromatic rings. The molecule has 0 radical (unpaired) electrons. The number of nitrogens with zero attached hydrogens (tertiary/aromatic N) is 2. The predicted octanol–water partition coefficient (Wildman–Crippen LogP) is 5.50. The molecule has 36 heavy (non-hydrogen) atoms. The first-order valence-electron chi connectivity index (χ1n) is 11.5. The Labute approximate surface area is 209 Å². The molecule has 1 saturated heterocycles. The molecule has 2 aromatic carbocycles. The maximum Gasteiger partial charge on any atom is 0.417 e. The number of benzene rings is 2. The highest BCUT2D eigenvalue weighted by molar-refractivity contribution is 7.89. The molecule has 1 aliphatic rings. The van der Waals surface area contributed by atoms with Gasteiger partial charge in [-0.1, -0.05) is 36.4 Å². The first-order valence-corrected chi connectivity index (χ1v) is 13.0. The lowest BCUT2D eigenvalue weighted by Crippen LogP contribution is -2.41. The van der Waals surface area contributed by atoms with Crippen LogP contribution in [0.5, 0.6) is 5.88 Å². The van der Waals surface area contributed by atoms with Crippen LogP contribution in [-0.4, -0.2) is 38.1 Å². The first kappa shape index (κ1) is 26.0. The van der Waals surface area contributed by atoms with E-state index >= 15 is 0 Å². The van der Waals surface area contributed by atoms with Crippen molar-refractivity contribution in [2.75, 3.05) is 18.0 Å². The molecular formula is C26H28F3N3O3S. The van der Waals surface area contributed by atoms with Crippen LogP contribution in [0.15, 0.2) is 71.8 Å². The van der Waals surface area contributed by atoms with Crippen LogP contribution >= 0.6 is 0 Å². The number of nitrogens with one attached hydrogen (secondary N) is 1. The molecule has 6 nitrogen and oxygen atoms in total. The maximum absolute atomic E-state index is 13.4. The smallest absolute Gasteiger partial charge is 0.417 e.